The van der Waals surface area contributed by atoms with Crippen molar-refractivity contribution in [2.75, 3.05) is 0 Å². The SMILES string of the molecule is C=Cc1ccc2c(-c3c(P)ccc4ccccc34)c(P)ccc2c1. The van der Waals surface area contributed by atoms with E-state index >= 15 is 0 Å². The highest BCUT2D eigenvalue weighted by atomic mass is 31.0. The van der Waals surface area contributed by atoms with Crippen molar-refractivity contribution in [1.29, 1.82) is 0 Å². The van der Waals surface area contributed by atoms with Crippen LogP contribution in [0.2, 0.25) is 0 Å². The van der Waals surface area contributed by atoms with Crippen LogP contribution in [-0.4, -0.2) is 0 Å². The Hall–Kier alpha value is -2.00. The molecule has 0 aliphatic heterocycles. The van der Waals surface area contributed by atoms with Crippen LogP contribution in [-0.2, 0) is 0 Å². The van der Waals surface area contributed by atoms with E-state index in [-0.39, 0.29) is 0 Å². The zero-order chi connectivity index (χ0) is 16.7. The zero-order valence-electron chi connectivity index (χ0n) is 13.3. The molecule has 4 aromatic carbocycles. The molecule has 4 aromatic rings. The molecule has 0 heterocycles. The fourth-order valence-corrected chi connectivity index (χ4v) is 4.13. The Balaban J connectivity index is 2.16. The van der Waals surface area contributed by atoms with Gasteiger partial charge < -0.3 is 0 Å². The van der Waals surface area contributed by atoms with Gasteiger partial charge in [-0.3, -0.25) is 0 Å². The van der Waals surface area contributed by atoms with Gasteiger partial charge in [-0.1, -0.05) is 73.3 Å². The number of hydrogen-bond donors (Lipinski definition) is 0. The molecule has 0 nitrogen and oxygen atoms in total. The number of benzene rings is 4. The van der Waals surface area contributed by atoms with Crippen LogP contribution in [0.15, 0.2) is 73.3 Å². The zero-order valence-corrected chi connectivity index (χ0v) is 15.6. The van der Waals surface area contributed by atoms with Gasteiger partial charge in [0.1, 0.15) is 0 Å². The molecule has 0 fully saturated rings. The van der Waals surface area contributed by atoms with Gasteiger partial charge in [0, 0.05) is 0 Å². The molecule has 2 unspecified atom stereocenters. The van der Waals surface area contributed by atoms with Crippen molar-refractivity contribution in [3.05, 3.63) is 78.9 Å². The van der Waals surface area contributed by atoms with E-state index in [4.69, 9.17) is 0 Å². The smallest absolute Gasteiger partial charge is 0.00212 e. The molecule has 116 valence electrons. The standard InChI is InChI=1S/C22H18P2/c1-2-14-7-10-18-16(13-14)9-12-20(24)22(18)21-17-6-4-3-5-15(17)8-11-19(21)23/h2-13H,1,23-24H2. The summed E-state index contributed by atoms with van der Waals surface area (Å²) in [6, 6.07) is 23.9. The van der Waals surface area contributed by atoms with E-state index in [9.17, 15) is 0 Å². The molecule has 0 aromatic heterocycles. The molecule has 2 heteroatoms. The van der Waals surface area contributed by atoms with Crippen LogP contribution in [0.1, 0.15) is 5.56 Å². The van der Waals surface area contributed by atoms with Crippen LogP contribution in [0.5, 0.6) is 0 Å². The molecule has 0 saturated carbocycles. The third kappa shape index (κ3) is 2.48. The molecule has 0 saturated heterocycles. The summed E-state index contributed by atoms with van der Waals surface area (Å²) in [7, 11) is 5.80. The molecule has 0 amide bonds. The molecular weight excluding hydrogens is 326 g/mol. The Morgan fingerprint density at radius 3 is 2.00 bits per heavy atom. The second-order valence-electron chi connectivity index (χ2n) is 5.97. The minimum atomic E-state index is 1.15. The molecule has 0 aliphatic rings. The highest BCUT2D eigenvalue weighted by Gasteiger charge is 2.13. The van der Waals surface area contributed by atoms with Gasteiger partial charge >= 0.3 is 0 Å². The van der Waals surface area contributed by atoms with Crippen LogP contribution in [0, 0.1) is 0 Å². The minimum Gasteiger partial charge on any atom is -0.105 e. The van der Waals surface area contributed by atoms with Gasteiger partial charge in [-0.2, -0.15) is 0 Å². The van der Waals surface area contributed by atoms with E-state index in [1.54, 1.807) is 0 Å². The Morgan fingerprint density at radius 2 is 1.29 bits per heavy atom. The molecule has 2 atom stereocenters. The predicted octanol–water partition coefficient (Wildman–Crippen LogP) is 5.30. The quantitative estimate of drug-likeness (QED) is 0.433. The first-order valence-electron chi connectivity index (χ1n) is 7.91. The second-order valence-corrected chi connectivity index (χ2v) is 7.21. The van der Waals surface area contributed by atoms with E-state index in [1.807, 2.05) is 6.08 Å². The van der Waals surface area contributed by atoms with E-state index in [0.29, 0.717) is 0 Å². The number of rotatable bonds is 2. The van der Waals surface area contributed by atoms with Crippen molar-refractivity contribution in [2.45, 2.75) is 0 Å². The third-order valence-corrected chi connectivity index (χ3v) is 5.49. The van der Waals surface area contributed by atoms with Gasteiger partial charge in [-0.15, -0.1) is 18.5 Å². The first-order valence-corrected chi connectivity index (χ1v) is 9.07. The summed E-state index contributed by atoms with van der Waals surface area (Å²) in [5.41, 5.74) is 3.73. The van der Waals surface area contributed by atoms with Crippen molar-refractivity contribution in [2.24, 2.45) is 0 Å². The van der Waals surface area contributed by atoms with Crippen molar-refractivity contribution in [3.63, 3.8) is 0 Å². The topological polar surface area (TPSA) is 0 Å². The lowest BCUT2D eigenvalue weighted by Gasteiger charge is -2.16. The van der Waals surface area contributed by atoms with E-state index in [1.165, 1.54) is 43.3 Å². The summed E-state index contributed by atoms with van der Waals surface area (Å²) in [6.07, 6.45) is 1.90. The average molecular weight is 344 g/mol. The van der Waals surface area contributed by atoms with Gasteiger partial charge in [0.2, 0.25) is 0 Å². The monoisotopic (exact) mass is 344 g/mol. The Labute approximate surface area is 147 Å². The summed E-state index contributed by atoms with van der Waals surface area (Å²) in [4.78, 5) is 0. The molecule has 24 heavy (non-hydrogen) atoms. The molecule has 0 N–H and O–H groups in total. The molecule has 0 spiro atoms. The summed E-state index contributed by atoms with van der Waals surface area (Å²) >= 11 is 0. The second kappa shape index (κ2) is 6.14. The third-order valence-electron chi connectivity index (χ3n) is 4.52. The lowest BCUT2D eigenvalue weighted by molar-refractivity contribution is 1.71. The fraction of sp³-hybridized carbons (Fsp3) is 0. The highest BCUT2D eigenvalue weighted by molar-refractivity contribution is 7.29. The van der Waals surface area contributed by atoms with Crippen molar-refractivity contribution >= 4 is 56.7 Å². The van der Waals surface area contributed by atoms with Gasteiger partial charge in [-0.05, 0) is 54.9 Å². The van der Waals surface area contributed by atoms with Gasteiger partial charge in [0.05, 0.1) is 0 Å². The van der Waals surface area contributed by atoms with Gasteiger partial charge in [-0.25, -0.2) is 0 Å². The summed E-state index contributed by atoms with van der Waals surface area (Å²) in [5, 5.41) is 7.50. The van der Waals surface area contributed by atoms with Gasteiger partial charge in [0.15, 0.2) is 0 Å². The summed E-state index contributed by atoms with van der Waals surface area (Å²) in [5.74, 6) is 0. The lowest BCUT2D eigenvalue weighted by atomic mass is 9.93. The minimum absolute atomic E-state index is 1.15. The van der Waals surface area contributed by atoms with Crippen molar-refractivity contribution in [1.82, 2.24) is 0 Å². The fourth-order valence-electron chi connectivity index (χ4n) is 3.34. The molecule has 0 aliphatic carbocycles. The van der Waals surface area contributed by atoms with E-state index in [0.717, 1.165) is 5.56 Å². The average Bonchev–Trinajstić information content (AvgIpc) is 2.62. The maximum absolute atomic E-state index is 3.88. The van der Waals surface area contributed by atoms with Crippen LogP contribution in [0.3, 0.4) is 0 Å². The maximum atomic E-state index is 3.88. The Bertz CT molecular complexity index is 1090. The number of hydrogen-bond acceptors (Lipinski definition) is 0. The van der Waals surface area contributed by atoms with Crippen LogP contribution < -0.4 is 10.6 Å². The lowest BCUT2D eigenvalue weighted by Crippen LogP contribution is -2.06. The van der Waals surface area contributed by atoms with Crippen LogP contribution >= 0.6 is 18.5 Å². The highest BCUT2D eigenvalue weighted by Crippen LogP contribution is 2.34. The summed E-state index contributed by atoms with van der Waals surface area (Å²) in [6.45, 7) is 3.88. The Morgan fingerprint density at radius 1 is 0.667 bits per heavy atom. The first kappa shape index (κ1) is 15.5. The Kier molecular flexibility index (Phi) is 3.97. The summed E-state index contributed by atoms with van der Waals surface area (Å²) < 4.78 is 0. The van der Waals surface area contributed by atoms with Crippen molar-refractivity contribution in [3.8, 4) is 11.1 Å². The molecule has 0 radical (unpaired) electrons. The van der Waals surface area contributed by atoms with Crippen molar-refractivity contribution < 1.29 is 0 Å². The van der Waals surface area contributed by atoms with E-state index < -0.39 is 0 Å². The molecular formula is C22H18P2. The maximum Gasteiger partial charge on any atom is -0.00212 e. The number of fused-ring (bicyclic) bond motifs is 2. The predicted molar refractivity (Wildman–Crippen MR) is 116 cm³/mol. The largest absolute Gasteiger partial charge is 0.105 e. The first-order chi connectivity index (χ1) is 11.7. The van der Waals surface area contributed by atoms with Crippen LogP contribution in [0.4, 0.5) is 0 Å². The van der Waals surface area contributed by atoms with E-state index in [2.05, 4.69) is 91.8 Å². The van der Waals surface area contributed by atoms with Crippen LogP contribution in [0.25, 0.3) is 38.7 Å². The molecule has 4 rings (SSSR count). The van der Waals surface area contributed by atoms with Gasteiger partial charge in [0.25, 0.3) is 0 Å². The normalized spacial score (nSPS) is 11.1. The molecule has 0 bridgehead atoms.